The van der Waals surface area contributed by atoms with Gasteiger partial charge in [0, 0.05) is 22.8 Å². The maximum atomic E-state index is 12.8. The monoisotopic (exact) mass is 382 g/mol. The molecule has 0 spiro atoms. The zero-order valence-corrected chi connectivity index (χ0v) is 15.4. The van der Waals surface area contributed by atoms with Gasteiger partial charge in [0.1, 0.15) is 6.04 Å². The van der Waals surface area contributed by atoms with Crippen molar-refractivity contribution in [2.24, 2.45) is 0 Å². The summed E-state index contributed by atoms with van der Waals surface area (Å²) in [5.41, 5.74) is 1.55. The van der Waals surface area contributed by atoms with Gasteiger partial charge in [-0.3, -0.25) is 0 Å². The minimum Gasteiger partial charge on any atom is -0.337 e. The lowest BCUT2D eigenvalue weighted by Gasteiger charge is -2.33. The summed E-state index contributed by atoms with van der Waals surface area (Å²) in [5, 5.41) is 7.63. The fourth-order valence-electron chi connectivity index (χ4n) is 3.26. The minimum absolute atomic E-state index is 0.159. The number of urea groups is 1. The quantitative estimate of drug-likeness (QED) is 0.680. The first-order chi connectivity index (χ1) is 13.2. The van der Waals surface area contributed by atoms with Gasteiger partial charge in [0.15, 0.2) is 0 Å². The van der Waals surface area contributed by atoms with E-state index >= 15 is 0 Å². The van der Waals surface area contributed by atoms with E-state index in [2.05, 4.69) is 15.5 Å². The van der Waals surface area contributed by atoms with Crippen LogP contribution < -0.4 is 5.32 Å². The molecule has 2 amide bonds. The Morgan fingerprint density at radius 3 is 2.81 bits per heavy atom. The second-order valence-corrected chi connectivity index (χ2v) is 6.90. The molecule has 1 atom stereocenters. The van der Waals surface area contributed by atoms with Crippen LogP contribution in [-0.4, -0.2) is 27.6 Å². The number of piperidine rings is 1. The average molecular weight is 383 g/mol. The molecule has 2 heterocycles. The lowest BCUT2D eigenvalue weighted by Crippen LogP contribution is -2.41. The van der Waals surface area contributed by atoms with Gasteiger partial charge in [-0.1, -0.05) is 47.1 Å². The summed E-state index contributed by atoms with van der Waals surface area (Å²) >= 11 is 6.04. The minimum atomic E-state index is -0.233. The summed E-state index contributed by atoms with van der Waals surface area (Å²) in [6.07, 6.45) is 2.75. The molecule has 1 fully saturated rings. The number of aromatic nitrogens is 2. The van der Waals surface area contributed by atoms with E-state index in [1.807, 2.05) is 42.5 Å². The van der Waals surface area contributed by atoms with Crippen LogP contribution in [0.2, 0.25) is 5.02 Å². The van der Waals surface area contributed by atoms with Crippen molar-refractivity contribution < 1.29 is 9.32 Å². The van der Waals surface area contributed by atoms with E-state index in [0.29, 0.717) is 23.3 Å². The number of nitrogens with one attached hydrogen (secondary N) is 1. The number of carbonyl (C=O) groups is 1. The van der Waals surface area contributed by atoms with Gasteiger partial charge in [0.25, 0.3) is 0 Å². The Labute approximate surface area is 162 Å². The van der Waals surface area contributed by atoms with Crippen molar-refractivity contribution in [2.75, 3.05) is 11.9 Å². The van der Waals surface area contributed by atoms with E-state index in [-0.39, 0.29) is 12.1 Å². The highest BCUT2D eigenvalue weighted by atomic mass is 35.5. The van der Waals surface area contributed by atoms with E-state index in [0.717, 1.165) is 30.5 Å². The van der Waals surface area contributed by atoms with Gasteiger partial charge in [-0.25, -0.2) is 4.79 Å². The number of para-hydroxylation sites is 1. The Hall–Kier alpha value is -2.86. The topological polar surface area (TPSA) is 71.3 Å². The third-order valence-electron chi connectivity index (χ3n) is 4.60. The van der Waals surface area contributed by atoms with Gasteiger partial charge in [-0.05, 0) is 43.5 Å². The van der Waals surface area contributed by atoms with E-state index in [4.69, 9.17) is 16.1 Å². The molecule has 6 nitrogen and oxygen atoms in total. The van der Waals surface area contributed by atoms with Crippen molar-refractivity contribution >= 4 is 23.3 Å². The first kappa shape index (κ1) is 17.5. The van der Waals surface area contributed by atoms with Crippen LogP contribution in [0.3, 0.4) is 0 Å². The Morgan fingerprint density at radius 2 is 2.00 bits per heavy atom. The van der Waals surface area contributed by atoms with Gasteiger partial charge in [-0.2, -0.15) is 4.98 Å². The lowest BCUT2D eigenvalue weighted by atomic mass is 10.0. The van der Waals surface area contributed by atoms with Gasteiger partial charge in [0.05, 0.1) is 0 Å². The molecule has 1 aromatic heterocycles. The molecule has 1 saturated heterocycles. The Morgan fingerprint density at radius 1 is 1.15 bits per heavy atom. The highest BCUT2D eigenvalue weighted by molar-refractivity contribution is 6.30. The third kappa shape index (κ3) is 3.95. The molecule has 7 heteroatoms. The summed E-state index contributed by atoms with van der Waals surface area (Å²) < 4.78 is 5.50. The summed E-state index contributed by atoms with van der Waals surface area (Å²) in [6.45, 7) is 0.651. The van der Waals surface area contributed by atoms with Crippen LogP contribution in [-0.2, 0) is 0 Å². The average Bonchev–Trinajstić information content (AvgIpc) is 3.19. The maximum Gasteiger partial charge on any atom is 0.322 e. The SMILES string of the molecule is O=C(Nc1ccccc1)N1CCCCC1c1nc(-c2cccc(Cl)c2)no1. The molecule has 27 heavy (non-hydrogen) atoms. The third-order valence-corrected chi connectivity index (χ3v) is 4.83. The number of rotatable bonds is 3. The van der Waals surface area contributed by atoms with E-state index < -0.39 is 0 Å². The van der Waals surface area contributed by atoms with Crippen LogP contribution in [0.25, 0.3) is 11.4 Å². The molecular weight excluding hydrogens is 364 g/mol. The van der Waals surface area contributed by atoms with Crippen LogP contribution in [0.4, 0.5) is 10.5 Å². The maximum absolute atomic E-state index is 12.8. The molecule has 0 radical (unpaired) electrons. The Kier molecular flexibility index (Phi) is 5.07. The number of benzene rings is 2. The normalized spacial score (nSPS) is 16.9. The van der Waals surface area contributed by atoms with Crippen LogP contribution in [0.5, 0.6) is 0 Å². The Balaban J connectivity index is 1.55. The summed E-state index contributed by atoms with van der Waals surface area (Å²) in [6, 6.07) is 16.3. The molecule has 3 aromatic rings. The van der Waals surface area contributed by atoms with E-state index in [1.54, 1.807) is 17.0 Å². The molecule has 0 saturated carbocycles. The standard InChI is InChI=1S/C20H19ClN4O2/c21-15-8-6-7-14(13-15)18-23-19(27-24-18)17-11-4-5-12-25(17)20(26)22-16-9-2-1-3-10-16/h1-3,6-10,13,17H,4-5,11-12H2,(H,22,26). The van der Waals surface area contributed by atoms with Crippen LogP contribution >= 0.6 is 11.6 Å². The predicted molar refractivity (Wildman–Crippen MR) is 104 cm³/mol. The molecule has 138 valence electrons. The number of hydrogen-bond acceptors (Lipinski definition) is 4. The first-order valence-electron chi connectivity index (χ1n) is 8.93. The summed E-state index contributed by atoms with van der Waals surface area (Å²) in [4.78, 5) is 19.1. The lowest BCUT2D eigenvalue weighted by molar-refractivity contribution is 0.142. The van der Waals surface area contributed by atoms with Crippen molar-refractivity contribution in [3.05, 3.63) is 65.5 Å². The number of carbonyl (C=O) groups excluding carboxylic acids is 1. The largest absolute Gasteiger partial charge is 0.337 e. The van der Waals surface area contributed by atoms with E-state index in [9.17, 15) is 4.79 Å². The van der Waals surface area contributed by atoms with Crippen LogP contribution in [0.15, 0.2) is 59.1 Å². The molecule has 0 bridgehead atoms. The van der Waals surface area contributed by atoms with Crippen molar-refractivity contribution in [1.29, 1.82) is 0 Å². The Bertz CT molecular complexity index is 928. The number of hydrogen-bond donors (Lipinski definition) is 1. The molecule has 1 aliphatic heterocycles. The second kappa shape index (κ2) is 7.80. The molecule has 4 rings (SSSR count). The molecule has 2 aromatic carbocycles. The number of anilines is 1. The molecule has 0 aliphatic carbocycles. The van der Waals surface area contributed by atoms with Crippen molar-refractivity contribution in [1.82, 2.24) is 15.0 Å². The predicted octanol–water partition coefficient (Wildman–Crippen LogP) is 5.15. The number of halogens is 1. The van der Waals surface area contributed by atoms with Crippen LogP contribution in [0, 0.1) is 0 Å². The smallest absolute Gasteiger partial charge is 0.322 e. The fraction of sp³-hybridized carbons (Fsp3) is 0.250. The molecular formula is C20H19ClN4O2. The molecule has 1 aliphatic rings. The zero-order chi connectivity index (χ0) is 18.6. The first-order valence-corrected chi connectivity index (χ1v) is 9.31. The van der Waals surface area contributed by atoms with Crippen molar-refractivity contribution in [2.45, 2.75) is 25.3 Å². The number of nitrogens with zero attached hydrogens (tertiary/aromatic N) is 3. The molecule has 1 N–H and O–H groups in total. The van der Waals surface area contributed by atoms with Crippen LogP contribution in [0.1, 0.15) is 31.2 Å². The van der Waals surface area contributed by atoms with Crippen molar-refractivity contribution in [3.63, 3.8) is 0 Å². The second-order valence-electron chi connectivity index (χ2n) is 6.47. The summed E-state index contributed by atoms with van der Waals surface area (Å²) in [5.74, 6) is 0.925. The van der Waals surface area contributed by atoms with E-state index in [1.165, 1.54) is 0 Å². The summed E-state index contributed by atoms with van der Waals surface area (Å²) in [7, 11) is 0. The van der Waals surface area contributed by atoms with Crippen molar-refractivity contribution in [3.8, 4) is 11.4 Å². The number of amides is 2. The van der Waals surface area contributed by atoms with Gasteiger partial charge >= 0.3 is 6.03 Å². The molecule has 1 unspecified atom stereocenters. The van der Waals surface area contributed by atoms with Gasteiger partial charge in [0.2, 0.25) is 11.7 Å². The highest BCUT2D eigenvalue weighted by Crippen LogP contribution is 2.32. The number of likely N-dealkylation sites (tertiary alicyclic amines) is 1. The zero-order valence-electron chi connectivity index (χ0n) is 14.6. The van der Waals surface area contributed by atoms with Gasteiger partial charge < -0.3 is 14.7 Å². The fourth-order valence-corrected chi connectivity index (χ4v) is 3.45. The highest BCUT2D eigenvalue weighted by Gasteiger charge is 2.32. The van der Waals surface area contributed by atoms with Gasteiger partial charge in [-0.15, -0.1) is 0 Å².